The molecule has 1 heterocycles. The van der Waals surface area contributed by atoms with Crippen LogP contribution >= 0.6 is 0 Å². The van der Waals surface area contributed by atoms with Crippen molar-refractivity contribution in [2.24, 2.45) is 0 Å². The standard InChI is InChI=1S/C14H28O5/c1-2-3-4-5-6-7-8-18-14-12(17)9-11(16)13(10-15)19-14/h11-17H,2-10H2,1H3/t11-,12?,13?,14+/m0/s1. The first-order valence-corrected chi connectivity index (χ1v) is 7.43. The minimum absolute atomic E-state index is 0.187. The lowest BCUT2D eigenvalue weighted by Crippen LogP contribution is -2.49. The summed E-state index contributed by atoms with van der Waals surface area (Å²) in [6.07, 6.45) is 4.22. The van der Waals surface area contributed by atoms with E-state index in [1.54, 1.807) is 0 Å². The molecule has 5 nitrogen and oxygen atoms in total. The molecule has 1 saturated heterocycles. The van der Waals surface area contributed by atoms with E-state index < -0.39 is 24.6 Å². The van der Waals surface area contributed by atoms with E-state index >= 15 is 0 Å². The molecule has 0 saturated carbocycles. The van der Waals surface area contributed by atoms with E-state index in [9.17, 15) is 10.2 Å². The minimum atomic E-state index is -0.825. The Labute approximate surface area is 115 Å². The normalized spacial score (nSPS) is 31.6. The second-order valence-corrected chi connectivity index (χ2v) is 5.23. The number of hydrogen-bond acceptors (Lipinski definition) is 5. The maximum absolute atomic E-state index is 9.73. The fraction of sp³-hybridized carbons (Fsp3) is 1.00. The maximum atomic E-state index is 9.73. The highest BCUT2D eigenvalue weighted by molar-refractivity contribution is 4.80. The second kappa shape index (κ2) is 9.66. The summed E-state index contributed by atoms with van der Waals surface area (Å²) in [5, 5.41) is 28.3. The number of rotatable bonds is 9. The first-order chi connectivity index (χ1) is 9.19. The Morgan fingerprint density at radius 2 is 1.74 bits per heavy atom. The lowest BCUT2D eigenvalue weighted by molar-refractivity contribution is -0.270. The lowest BCUT2D eigenvalue weighted by Gasteiger charge is -2.36. The van der Waals surface area contributed by atoms with Gasteiger partial charge in [-0.1, -0.05) is 39.0 Å². The van der Waals surface area contributed by atoms with Crippen LogP contribution in [0.5, 0.6) is 0 Å². The first-order valence-electron chi connectivity index (χ1n) is 7.43. The van der Waals surface area contributed by atoms with Crippen molar-refractivity contribution in [2.75, 3.05) is 13.2 Å². The van der Waals surface area contributed by atoms with Gasteiger partial charge in [0.15, 0.2) is 6.29 Å². The number of aliphatic hydroxyl groups excluding tert-OH is 3. The van der Waals surface area contributed by atoms with Crippen LogP contribution in [0.3, 0.4) is 0 Å². The van der Waals surface area contributed by atoms with E-state index in [0.29, 0.717) is 6.61 Å². The van der Waals surface area contributed by atoms with Crippen molar-refractivity contribution in [1.82, 2.24) is 0 Å². The van der Waals surface area contributed by atoms with Gasteiger partial charge >= 0.3 is 0 Å². The average molecular weight is 276 g/mol. The number of ether oxygens (including phenoxy) is 2. The summed E-state index contributed by atoms with van der Waals surface area (Å²) in [5.41, 5.74) is 0. The molecule has 3 N–H and O–H groups in total. The maximum Gasteiger partial charge on any atom is 0.184 e. The minimum Gasteiger partial charge on any atom is -0.394 e. The van der Waals surface area contributed by atoms with Crippen molar-refractivity contribution < 1.29 is 24.8 Å². The molecular weight excluding hydrogens is 248 g/mol. The average Bonchev–Trinajstić information content (AvgIpc) is 2.40. The highest BCUT2D eigenvalue weighted by atomic mass is 16.7. The molecule has 1 fully saturated rings. The Balaban J connectivity index is 2.11. The summed E-state index contributed by atoms with van der Waals surface area (Å²) >= 11 is 0. The van der Waals surface area contributed by atoms with Gasteiger partial charge in [-0.3, -0.25) is 0 Å². The Kier molecular flexibility index (Phi) is 8.57. The Bertz CT molecular complexity index is 224. The number of unbranched alkanes of at least 4 members (excludes halogenated alkanes) is 5. The van der Waals surface area contributed by atoms with E-state index in [0.717, 1.165) is 12.8 Å². The molecule has 0 aromatic heterocycles. The lowest BCUT2D eigenvalue weighted by atomic mass is 10.0. The van der Waals surface area contributed by atoms with Gasteiger partial charge < -0.3 is 24.8 Å². The fourth-order valence-electron chi connectivity index (χ4n) is 2.26. The zero-order valence-corrected chi connectivity index (χ0v) is 11.8. The predicted octanol–water partition coefficient (Wildman–Crippen LogP) is 1.19. The molecule has 0 amide bonds. The van der Waals surface area contributed by atoms with Gasteiger partial charge in [-0.2, -0.15) is 0 Å². The first kappa shape index (κ1) is 16.9. The third-order valence-electron chi connectivity index (χ3n) is 3.50. The molecule has 114 valence electrons. The summed E-state index contributed by atoms with van der Waals surface area (Å²) in [6, 6.07) is 0. The van der Waals surface area contributed by atoms with E-state index in [1.807, 2.05) is 0 Å². The molecule has 1 aliphatic rings. The molecule has 2 unspecified atom stereocenters. The Morgan fingerprint density at radius 1 is 1.05 bits per heavy atom. The van der Waals surface area contributed by atoms with Crippen molar-refractivity contribution in [3.8, 4) is 0 Å². The monoisotopic (exact) mass is 276 g/mol. The highest BCUT2D eigenvalue weighted by Gasteiger charge is 2.36. The van der Waals surface area contributed by atoms with Crippen molar-refractivity contribution in [2.45, 2.75) is 76.5 Å². The summed E-state index contributed by atoms with van der Waals surface area (Å²) in [5.74, 6) is 0. The van der Waals surface area contributed by atoms with Gasteiger partial charge in [-0.15, -0.1) is 0 Å². The molecule has 0 aromatic rings. The van der Waals surface area contributed by atoms with Gasteiger partial charge in [0.1, 0.15) is 12.2 Å². The smallest absolute Gasteiger partial charge is 0.184 e. The molecule has 4 atom stereocenters. The molecule has 0 bridgehead atoms. The number of hydrogen-bond donors (Lipinski definition) is 3. The van der Waals surface area contributed by atoms with Crippen LogP contribution in [0.25, 0.3) is 0 Å². The van der Waals surface area contributed by atoms with E-state index in [4.69, 9.17) is 14.6 Å². The molecule has 0 aromatic carbocycles. The van der Waals surface area contributed by atoms with Crippen molar-refractivity contribution >= 4 is 0 Å². The quantitative estimate of drug-likeness (QED) is 0.551. The molecule has 19 heavy (non-hydrogen) atoms. The summed E-state index contributed by atoms with van der Waals surface area (Å²) < 4.78 is 10.8. The fourth-order valence-corrected chi connectivity index (χ4v) is 2.26. The molecule has 1 aliphatic heterocycles. The third kappa shape index (κ3) is 6.19. The number of aliphatic hydroxyl groups is 3. The second-order valence-electron chi connectivity index (χ2n) is 5.23. The molecule has 1 rings (SSSR count). The molecule has 0 radical (unpaired) electrons. The summed E-state index contributed by atoms with van der Waals surface area (Å²) in [6.45, 7) is 2.48. The topological polar surface area (TPSA) is 79.2 Å². The third-order valence-corrected chi connectivity index (χ3v) is 3.50. The zero-order valence-electron chi connectivity index (χ0n) is 11.8. The molecule has 5 heteroatoms. The van der Waals surface area contributed by atoms with Crippen LogP contribution < -0.4 is 0 Å². The SMILES string of the molecule is CCCCCCCCO[C@@H]1OC(CO)[C@@H](O)CC1O. The van der Waals surface area contributed by atoms with Crippen LogP contribution in [0.1, 0.15) is 51.9 Å². The van der Waals surface area contributed by atoms with Crippen molar-refractivity contribution in [3.05, 3.63) is 0 Å². The zero-order chi connectivity index (χ0) is 14.1. The van der Waals surface area contributed by atoms with Crippen LogP contribution in [0.15, 0.2) is 0 Å². The van der Waals surface area contributed by atoms with Crippen LogP contribution in [0.4, 0.5) is 0 Å². The van der Waals surface area contributed by atoms with E-state index in [-0.39, 0.29) is 13.0 Å². The van der Waals surface area contributed by atoms with Gasteiger partial charge in [0.25, 0.3) is 0 Å². The highest BCUT2D eigenvalue weighted by Crippen LogP contribution is 2.21. The Hall–Kier alpha value is -0.200. The van der Waals surface area contributed by atoms with Gasteiger partial charge in [-0.05, 0) is 6.42 Å². The van der Waals surface area contributed by atoms with Crippen molar-refractivity contribution in [1.29, 1.82) is 0 Å². The summed E-state index contributed by atoms with van der Waals surface area (Å²) in [4.78, 5) is 0. The van der Waals surface area contributed by atoms with Crippen LogP contribution in [-0.2, 0) is 9.47 Å². The van der Waals surface area contributed by atoms with Crippen LogP contribution in [0, 0.1) is 0 Å². The van der Waals surface area contributed by atoms with Crippen LogP contribution in [-0.4, -0.2) is 53.1 Å². The van der Waals surface area contributed by atoms with Gasteiger partial charge in [-0.25, -0.2) is 0 Å². The molecule has 0 aliphatic carbocycles. The van der Waals surface area contributed by atoms with Gasteiger partial charge in [0, 0.05) is 13.0 Å². The summed E-state index contributed by atoms with van der Waals surface area (Å²) in [7, 11) is 0. The van der Waals surface area contributed by atoms with E-state index in [1.165, 1.54) is 25.7 Å². The van der Waals surface area contributed by atoms with E-state index in [2.05, 4.69) is 6.92 Å². The largest absolute Gasteiger partial charge is 0.394 e. The van der Waals surface area contributed by atoms with Crippen LogP contribution in [0.2, 0.25) is 0 Å². The van der Waals surface area contributed by atoms with Gasteiger partial charge in [0.2, 0.25) is 0 Å². The Morgan fingerprint density at radius 3 is 2.42 bits per heavy atom. The van der Waals surface area contributed by atoms with Crippen molar-refractivity contribution in [3.63, 3.8) is 0 Å². The van der Waals surface area contributed by atoms with Gasteiger partial charge in [0.05, 0.1) is 12.7 Å². The molecule has 0 spiro atoms. The predicted molar refractivity (Wildman–Crippen MR) is 71.7 cm³/mol. The molecular formula is C14H28O5.